The van der Waals surface area contributed by atoms with Gasteiger partial charge in [0.05, 0.1) is 11.2 Å². The summed E-state index contributed by atoms with van der Waals surface area (Å²) in [6, 6.07) is 7.73. The second kappa shape index (κ2) is 5.07. The van der Waals surface area contributed by atoms with Crippen LogP contribution in [0.25, 0.3) is 10.8 Å². The smallest absolute Gasteiger partial charge is 0.330 e. The van der Waals surface area contributed by atoms with E-state index in [1.807, 2.05) is 38.1 Å². The minimum absolute atomic E-state index is 0.508. The van der Waals surface area contributed by atoms with Gasteiger partial charge in [-0.1, -0.05) is 23.7 Å². The largest absolute Gasteiger partial charge is 0.427 e. The van der Waals surface area contributed by atoms with Crippen molar-refractivity contribution in [1.82, 2.24) is 4.98 Å². The van der Waals surface area contributed by atoms with E-state index in [1.54, 1.807) is 27.5 Å². The van der Waals surface area contributed by atoms with E-state index in [0.29, 0.717) is 5.82 Å². The first kappa shape index (κ1) is 14.8. The number of hydrogen-bond donors (Lipinski definition) is 2. The molecule has 0 unspecified atom stereocenters. The number of fused-ring (bicyclic) bond motifs is 1. The van der Waals surface area contributed by atoms with E-state index in [-0.39, 0.29) is 0 Å². The number of hydrogen-bond acceptors (Lipinski definition) is 4. The third-order valence-electron chi connectivity index (χ3n) is 3.73. The van der Waals surface area contributed by atoms with Crippen molar-refractivity contribution in [2.24, 2.45) is 0 Å². The van der Waals surface area contributed by atoms with Crippen LogP contribution in [0.3, 0.4) is 0 Å². The minimum Gasteiger partial charge on any atom is -0.427 e. The standard InChI is InChI=1S/C15H20BN2O2/c1-14(2,19)15(3,4)20-16-12-6-5-10-8-13(17)18-9-11(10)7-12/h5-9,19H,1-4H3,(H2,17,18). The summed E-state index contributed by atoms with van der Waals surface area (Å²) in [7, 11) is 1.66. The van der Waals surface area contributed by atoms with Gasteiger partial charge in [-0.15, -0.1) is 0 Å². The highest BCUT2D eigenvalue weighted by molar-refractivity contribution is 6.47. The molecule has 5 heteroatoms. The highest BCUT2D eigenvalue weighted by Gasteiger charge is 2.35. The Bertz CT molecular complexity index is 621. The zero-order valence-corrected chi connectivity index (χ0v) is 12.3. The number of aliphatic hydroxyl groups is 1. The Kier molecular flexibility index (Phi) is 3.76. The Morgan fingerprint density at radius 3 is 2.50 bits per heavy atom. The average Bonchev–Trinajstić information content (AvgIpc) is 2.35. The molecule has 1 aromatic heterocycles. The molecule has 1 aromatic carbocycles. The quantitative estimate of drug-likeness (QED) is 0.829. The van der Waals surface area contributed by atoms with E-state index in [9.17, 15) is 5.11 Å². The zero-order valence-electron chi connectivity index (χ0n) is 12.3. The molecular formula is C15H20BN2O2. The lowest BCUT2D eigenvalue weighted by molar-refractivity contribution is -0.0893. The predicted molar refractivity (Wildman–Crippen MR) is 83.0 cm³/mol. The Hall–Kier alpha value is -1.59. The van der Waals surface area contributed by atoms with Gasteiger partial charge in [-0.25, -0.2) is 4.98 Å². The highest BCUT2D eigenvalue weighted by Crippen LogP contribution is 2.24. The fraction of sp³-hybridized carbons (Fsp3) is 0.400. The molecule has 0 aliphatic heterocycles. The van der Waals surface area contributed by atoms with Crippen molar-refractivity contribution < 1.29 is 9.76 Å². The number of nitrogen functional groups attached to an aromatic ring is 1. The third-order valence-corrected chi connectivity index (χ3v) is 3.73. The number of nitrogens with zero attached hydrogens (tertiary/aromatic N) is 1. The summed E-state index contributed by atoms with van der Waals surface area (Å²) >= 11 is 0. The van der Waals surface area contributed by atoms with Crippen molar-refractivity contribution in [3.05, 3.63) is 30.5 Å². The third kappa shape index (κ3) is 3.11. The van der Waals surface area contributed by atoms with Crippen LogP contribution in [0.2, 0.25) is 0 Å². The Labute approximate surface area is 120 Å². The SMILES string of the molecule is CC(C)(O)C(C)(C)O[B]c1ccc2cc(N)ncc2c1. The maximum absolute atomic E-state index is 10.1. The molecule has 2 rings (SSSR count). The van der Waals surface area contributed by atoms with Crippen LogP contribution < -0.4 is 11.2 Å². The monoisotopic (exact) mass is 271 g/mol. The summed E-state index contributed by atoms with van der Waals surface area (Å²) in [5, 5.41) is 12.1. The molecule has 20 heavy (non-hydrogen) atoms. The number of rotatable bonds is 4. The van der Waals surface area contributed by atoms with Gasteiger partial charge in [0, 0.05) is 6.20 Å². The van der Waals surface area contributed by atoms with Gasteiger partial charge < -0.3 is 15.5 Å². The number of pyridine rings is 1. The lowest BCUT2D eigenvalue weighted by atomic mass is 9.82. The van der Waals surface area contributed by atoms with Crippen molar-refractivity contribution in [1.29, 1.82) is 0 Å². The molecule has 1 heterocycles. The summed E-state index contributed by atoms with van der Waals surface area (Å²) < 4.78 is 5.73. The Morgan fingerprint density at radius 1 is 1.15 bits per heavy atom. The zero-order chi connectivity index (χ0) is 15.0. The molecule has 4 nitrogen and oxygen atoms in total. The van der Waals surface area contributed by atoms with Crippen molar-refractivity contribution in [3.63, 3.8) is 0 Å². The molecule has 0 amide bonds. The van der Waals surface area contributed by atoms with Gasteiger partial charge >= 0.3 is 7.48 Å². The first-order valence-corrected chi connectivity index (χ1v) is 6.58. The van der Waals surface area contributed by atoms with Crippen LogP contribution in [0.4, 0.5) is 5.82 Å². The summed E-state index contributed by atoms with van der Waals surface area (Å²) in [5.74, 6) is 0.508. The first-order valence-electron chi connectivity index (χ1n) is 6.58. The molecule has 1 radical (unpaired) electrons. The summed E-state index contributed by atoms with van der Waals surface area (Å²) in [4.78, 5) is 4.08. The average molecular weight is 271 g/mol. The molecule has 0 fully saturated rings. The van der Waals surface area contributed by atoms with E-state index in [1.165, 1.54) is 0 Å². The molecule has 0 saturated heterocycles. The van der Waals surface area contributed by atoms with Gasteiger partial charge in [0.25, 0.3) is 0 Å². The molecule has 0 bridgehead atoms. The van der Waals surface area contributed by atoms with Crippen LogP contribution in [-0.2, 0) is 4.65 Å². The van der Waals surface area contributed by atoms with Gasteiger partial charge in [-0.3, -0.25) is 0 Å². The number of aromatic nitrogens is 1. The van der Waals surface area contributed by atoms with Crippen molar-refractivity contribution >= 4 is 29.5 Å². The number of nitrogens with two attached hydrogens (primary N) is 1. The topological polar surface area (TPSA) is 68.4 Å². The van der Waals surface area contributed by atoms with E-state index in [2.05, 4.69) is 4.98 Å². The number of benzene rings is 1. The van der Waals surface area contributed by atoms with Crippen LogP contribution in [-0.4, -0.2) is 28.8 Å². The van der Waals surface area contributed by atoms with Crippen molar-refractivity contribution in [2.45, 2.75) is 38.9 Å². The lowest BCUT2D eigenvalue weighted by Gasteiger charge is -2.37. The fourth-order valence-corrected chi connectivity index (χ4v) is 1.61. The van der Waals surface area contributed by atoms with Crippen LogP contribution >= 0.6 is 0 Å². The first-order chi connectivity index (χ1) is 9.19. The normalized spacial score (nSPS) is 12.7. The highest BCUT2D eigenvalue weighted by atomic mass is 16.5. The second-order valence-electron chi connectivity index (χ2n) is 6.02. The van der Waals surface area contributed by atoms with Gasteiger partial charge in [0.2, 0.25) is 0 Å². The molecule has 3 N–H and O–H groups in total. The maximum atomic E-state index is 10.1. The van der Waals surface area contributed by atoms with Crippen LogP contribution in [0.5, 0.6) is 0 Å². The second-order valence-corrected chi connectivity index (χ2v) is 6.02. The lowest BCUT2D eigenvalue weighted by Crippen LogP contribution is -2.49. The molecule has 0 atom stereocenters. The number of anilines is 1. The van der Waals surface area contributed by atoms with Crippen LogP contribution in [0, 0.1) is 0 Å². The molecule has 0 saturated carbocycles. The summed E-state index contributed by atoms with van der Waals surface area (Å²) in [6.07, 6.45) is 1.74. The van der Waals surface area contributed by atoms with E-state index in [0.717, 1.165) is 16.2 Å². The van der Waals surface area contributed by atoms with Gasteiger partial charge in [0.15, 0.2) is 0 Å². The van der Waals surface area contributed by atoms with Gasteiger partial charge in [-0.05, 0) is 44.5 Å². The maximum Gasteiger partial charge on any atom is 0.330 e. The van der Waals surface area contributed by atoms with Gasteiger partial charge in [-0.2, -0.15) is 0 Å². The van der Waals surface area contributed by atoms with Crippen molar-refractivity contribution in [3.8, 4) is 0 Å². The molecule has 105 valence electrons. The van der Waals surface area contributed by atoms with Crippen molar-refractivity contribution in [2.75, 3.05) is 5.73 Å². The fourth-order valence-electron chi connectivity index (χ4n) is 1.61. The molecule has 0 spiro atoms. The minimum atomic E-state index is -0.934. The summed E-state index contributed by atoms with van der Waals surface area (Å²) in [5.41, 5.74) is 4.96. The van der Waals surface area contributed by atoms with E-state index in [4.69, 9.17) is 10.4 Å². The van der Waals surface area contributed by atoms with E-state index >= 15 is 0 Å². The summed E-state index contributed by atoms with van der Waals surface area (Å²) in [6.45, 7) is 7.17. The van der Waals surface area contributed by atoms with Crippen LogP contribution in [0.1, 0.15) is 27.7 Å². The van der Waals surface area contributed by atoms with Crippen LogP contribution in [0.15, 0.2) is 30.5 Å². The Balaban J connectivity index is 2.17. The molecule has 0 aliphatic carbocycles. The molecular weight excluding hydrogens is 251 g/mol. The Morgan fingerprint density at radius 2 is 1.85 bits per heavy atom. The predicted octanol–water partition coefficient (Wildman–Crippen LogP) is 1.63. The van der Waals surface area contributed by atoms with Gasteiger partial charge in [0.1, 0.15) is 5.82 Å². The molecule has 0 aliphatic rings. The molecule has 2 aromatic rings. The van der Waals surface area contributed by atoms with E-state index < -0.39 is 11.2 Å².